The molecule has 0 bridgehead atoms. The number of anilines is 3. The molecule has 3 amide bonds. The van der Waals surface area contributed by atoms with Gasteiger partial charge in [-0.3, -0.25) is 14.4 Å². The fourth-order valence-electron chi connectivity index (χ4n) is 3.40. The van der Waals surface area contributed by atoms with Crippen LogP contribution in [-0.4, -0.2) is 75.0 Å². The van der Waals surface area contributed by atoms with Crippen molar-refractivity contribution in [1.29, 1.82) is 0 Å². The Kier molecular flexibility index (Phi) is 3.38. The predicted octanol–water partition coefficient (Wildman–Crippen LogP) is 2.03. The van der Waals surface area contributed by atoms with Crippen LogP contribution in [0, 0.1) is 0 Å². The van der Waals surface area contributed by atoms with Gasteiger partial charge in [-0.15, -0.1) is 10.2 Å². The van der Waals surface area contributed by atoms with Gasteiger partial charge < -0.3 is 20.3 Å². The zero-order valence-electron chi connectivity index (χ0n) is 29.7. The molecule has 0 saturated carbocycles. The smallest absolute Gasteiger partial charge is 0.326 e. The van der Waals surface area contributed by atoms with Crippen LogP contribution in [0.5, 0.6) is 5.75 Å². The Hall–Kier alpha value is -4.22. The molecule has 0 radical (unpaired) electrons. The first-order valence-electron chi connectivity index (χ1n) is 15.8. The average molecular weight is 478 g/mol. The van der Waals surface area contributed by atoms with Gasteiger partial charge in [-0.2, -0.15) is 5.10 Å². The summed E-state index contributed by atoms with van der Waals surface area (Å²) in [6.07, 6.45) is 1.01. The van der Waals surface area contributed by atoms with Crippen LogP contribution in [0.25, 0.3) is 11.4 Å². The molecule has 3 aromatic rings. The number of carbonyl (C=O) groups excluding carboxylic acids is 2. The molecule has 2 aromatic heterocycles. The molecular formula is C22H27N9O3. The molecule has 1 saturated heterocycles. The number of hydrogen-bond donors (Lipinski definition) is 2. The maximum Gasteiger partial charge on any atom is 0.326 e. The van der Waals surface area contributed by atoms with Crippen molar-refractivity contribution in [3.05, 3.63) is 36.3 Å². The molecule has 3 heterocycles. The molecule has 12 heteroatoms. The minimum Gasteiger partial charge on any atom is -0.494 e. The molecule has 4 rings (SSSR count). The van der Waals surface area contributed by atoms with Crippen LogP contribution in [0.1, 0.15) is 40.6 Å². The summed E-state index contributed by atoms with van der Waals surface area (Å²) in [6, 6.07) is 2.62. The summed E-state index contributed by atoms with van der Waals surface area (Å²) < 4.78 is 97.3. The Bertz CT molecular complexity index is 1600. The summed E-state index contributed by atoms with van der Waals surface area (Å²) >= 11 is 0. The average Bonchev–Trinajstić information content (AvgIpc) is 3.54. The van der Waals surface area contributed by atoms with E-state index in [2.05, 4.69) is 25.6 Å². The summed E-state index contributed by atoms with van der Waals surface area (Å²) in [5.74, 6) is -1.34. The molecule has 0 unspecified atom stereocenters. The molecule has 2 N–H and O–H groups in total. The summed E-state index contributed by atoms with van der Waals surface area (Å²) in [7, 11) is 1.30. The Labute approximate surface area is 213 Å². The van der Waals surface area contributed by atoms with E-state index in [4.69, 9.17) is 21.2 Å². The van der Waals surface area contributed by atoms with E-state index in [1.54, 1.807) is 5.32 Å². The normalized spacial score (nSPS) is 20.2. The molecular weight excluding hydrogens is 438 g/mol. The summed E-state index contributed by atoms with van der Waals surface area (Å²) in [6.45, 7) is -12.1. The van der Waals surface area contributed by atoms with Crippen molar-refractivity contribution in [2.75, 3.05) is 37.4 Å². The number of hydrogen-bond acceptors (Lipinski definition) is 8. The quantitative estimate of drug-likeness (QED) is 0.529. The van der Waals surface area contributed by atoms with E-state index in [9.17, 15) is 9.59 Å². The molecule has 1 aliphatic heterocycles. The number of urea groups is 1. The SMILES string of the molecule is [2H]C([2H])([2H])NC(=O)c1nnc(N2CCN(C(C([2H])([2H])[2H])C([2H])([2H])[2H])C2=O)cc1Nc1cccc(-c2ncn(C([2H])([2H])[2H])n2)c1OC. The zero-order valence-corrected chi connectivity index (χ0v) is 17.7. The largest absolute Gasteiger partial charge is 0.494 e. The van der Waals surface area contributed by atoms with E-state index >= 15 is 0 Å². The van der Waals surface area contributed by atoms with Gasteiger partial charge in [0, 0.05) is 55.6 Å². The van der Waals surface area contributed by atoms with Crippen LogP contribution in [-0.2, 0) is 6.98 Å². The maximum atomic E-state index is 13.3. The van der Waals surface area contributed by atoms with E-state index in [1.807, 2.05) is 0 Å². The zero-order chi connectivity index (χ0) is 34.4. The number of aromatic nitrogens is 5. The van der Waals surface area contributed by atoms with Crippen molar-refractivity contribution in [2.24, 2.45) is 6.98 Å². The van der Waals surface area contributed by atoms with Gasteiger partial charge in [0.15, 0.2) is 23.1 Å². The lowest BCUT2D eigenvalue weighted by atomic mass is 10.1. The van der Waals surface area contributed by atoms with Crippen molar-refractivity contribution in [2.45, 2.75) is 19.7 Å². The van der Waals surface area contributed by atoms with E-state index in [0.29, 0.717) is 9.58 Å². The number of carbonyl (C=O) groups is 2. The van der Waals surface area contributed by atoms with Crippen LogP contribution < -0.4 is 20.3 Å². The van der Waals surface area contributed by atoms with E-state index in [-0.39, 0.29) is 47.4 Å². The van der Waals surface area contributed by atoms with Crippen LogP contribution in [0.2, 0.25) is 0 Å². The second-order valence-corrected chi connectivity index (χ2v) is 6.97. The number of amides is 3. The van der Waals surface area contributed by atoms with Crippen molar-refractivity contribution >= 4 is 29.1 Å². The Balaban J connectivity index is 1.77. The predicted molar refractivity (Wildman–Crippen MR) is 126 cm³/mol. The second kappa shape index (κ2) is 9.33. The van der Waals surface area contributed by atoms with Crippen LogP contribution >= 0.6 is 0 Å². The third kappa shape index (κ3) is 4.21. The monoisotopic (exact) mass is 477 g/mol. The highest BCUT2D eigenvalue weighted by molar-refractivity contribution is 6.00. The van der Waals surface area contributed by atoms with Crippen molar-refractivity contribution in [3.8, 4) is 17.1 Å². The first-order chi connectivity index (χ1) is 21.1. The molecule has 178 valence electrons. The number of nitrogens with one attached hydrogen (secondary N) is 2. The highest BCUT2D eigenvalue weighted by atomic mass is 16.5. The minimum absolute atomic E-state index is 0.0219. The van der Waals surface area contributed by atoms with Gasteiger partial charge in [0.25, 0.3) is 5.91 Å². The van der Waals surface area contributed by atoms with Crippen LogP contribution in [0.15, 0.2) is 30.6 Å². The van der Waals surface area contributed by atoms with Gasteiger partial charge in [-0.05, 0) is 25.8 Å². The number of para-hydroxylation sites is 1. The lowest BCUT2D eigenvalue weighted by Gasteiger charge is -2.21. The van der Waals surface area contributed by atoms with Gasteiger partial charge in [0.1, 0.15) is 6.33 Å². The Morgan fingerprint density at radius 2 is 2.12 bits per heavy atom. The van der Waals surface area contributed by atoms with Gasteiger partial charge in [-0.25, -0.2) is 9.78 Å². The van der Waals surface area contributed by atoms with E-state index < -0.39 is 51.3 Å². The third-order valence-corrected chi connectivity index (χ3v) is 4.96. The van der Waals surface area contributed by atoms with Crippen molar-refractivity contribution < 1.29 is 30.8 Å². The van der Waals surface area contributed by atoms with E-state index in [1.165, 1.54) is 25.3 Å². The topological polar surface area (TPSA) is 130 Å². The third-order valence-electron chi connectivity index (χ3n) is 4.96. The lowest BCUT2D eigenvalue weighted by Crippen LogP contribution is -2.36. The molecule has 0 atom stereocenters. The molecule has 0 aliphatic carbocycles. The summed E-state index contributed by atoms with van der Waals surface area (Å²) in [4.78, 5) is 32.0. The first kappa shape index (κ1) is 12.3. The number of ether oxygens (including phenoxy) is 1. The maximum absolute atomic E-state index is 13.3. The van der Waals surface area contributed by atoms with Gasteiger partial charge in [0.05, 0.1) is 24.0 Å². The van der Waals surface area contributed by atoms with Crippen molar-refractivity contribution in [3.63, 3.8) is 0 Å². The molecule has 0 spiro atoms. The standard InChI is InChI=1S/C22H27N9O3/c1-13(2)30-9-10-31(22(30)33)17-11-16(18(27-26-17)21(32)23-3)25-15-8-6-7-14(19(15)34-5)20-24-12-29(4)28-20/h6-8,11-13H,9-10H2,1-5H3,(H,23,32)(H,25,26)/i1D3,2D3,3D3,4D3. The lowest BCUT2D eigenvalue weighted by molar-refractivity contribution is 0.0958. The van der Waals surface area contributed by atoms with Crippen LogP contribution in [0.4, 0.5) is 22.0 Å². The molecule has 1 aromatic carbocycles. The minimum atomic E-state index is -3.04. The number of nitrogens with zero attached hydrogens (tertiary/aromatic N) is 7. The number of methoxy groups -OCH3 is 1. The Morgan fingerprint density at radius 3 is 2.85 bits per heavy atom. The summed E-state index contributed by atoms with van der Waals surface area (Å²) in [5, 5.41) is 16.4. The molecule has 1 fully saturated rings. The number of benzene rings is 1. The molecule has 34 heavy (non-hydrogen) atoms. The molecule has 1 aliphatic rings. The number of rotatable bonds is 7. The van der Waals surface area contributed by atoms with Crippen LogP contribution in [0.3, 0.4) is 0 Å². The fourth-order valence-corrected chi connectivity index (χ4v) is 3.40. The second-order valence-electron chi connectivity index (χ2n) is 6.97. The fraction of sp³-hybridized carbons (Fsp3) is 0.364. The first-order valence-corrected chi connectivity index (χ1v) is 9.77. The van der Waals surface area contributed by atoms with Gasteiger partial charge >= 0.3 is 6.03 Å². The highest BCUT2D eigenvalue weighted by Gasteiger charge is 2.33. The number of aryl methyl sites for hydroxylation is 1. The van der Waals surface area contributed by atoms with Gasteiger partial charge in [-0.1, -0.05) is 6.07 Å². The summed E-state index contributed by atoms with van der Waals surface area (Å²) in [5.41, 5.74) is -0.329. The highest BCUT2D eigenvalue weighted by Crippen LogP contribution is 2.37. The Morgan fingerprint density at radius 1 is 1.24 bits per heavy atom. The molecule has 12 nitrogen and oxygen atoms in total. The van der Waals surface area contributed by atoms with E-state index in [0.717, 1.165) is 17.3 Å². The van der Waals surface area contributed by atoms with Crippen molar-refractivity contribution in [1.82, 2.24) is 35.2 Å². The van der Waals surface area contributed by atoms with Gasteiger partial charge in [0.2, 0.25) is 0 Å².